The second-order valence-corrected chi connectivity index (χ2v) is 7.44. The van der Waals surface area contributed by atoms with Gasteiger partial charge in [0.1, 0.15) is 0 Å². The first-order chi connectivity index (χ1) is 13.6. The van der Waals surface area contributed by atoms with E-state index in [1.807, 2.05) is 31.2 Å². The molecule has 8 heteroatoms. The average Bonchev–Trinajstić information content (AvgIpc) is 3.13. The highest BCUT2D eigenvalue weighted by Crippen LogP contribution is 2.24. The van der Waals surface area contributed by atoms with Crippen LogP contribution in [0.5, 0.6) is 0 Å². The van der Waals surface area contributed by atoms with Crippen molar-refractivity contribution in [1.82, 2.24) is 19.2 Å². The van der Waals surface area contributed by atoms with Crippen LogP contribution >= 0.6 is 23.4 Å². The van der Waals surface area contributed by atoms with Crippen LogP contribution in [0.4, 0.5) is 0 Å². The number of hydrogen-bond donors (Lipinski definition) is 0. The molecule has 138 valence electrons. The molecule has 2 aromatic carbocycles. The Hall–Kier alpha value is -3.08. The van der Waals surface area contributed by atoms with Gasteiger partial charge in [0, 0.05) is 23.2 Å². The molecule has 0 saturated heterocycles. The van der Waals surface area contributed by atoms with Gasteiger partial charge < -0.3 is 0 Å². The van der Waals surface area contributed by atoms with Gasteiger partial charge in [-0.05, 0) is 36.2 Å². The van der Waals surface area contributed by atoms with Crippen LogP contribution in [0.3, 0.4) is 0 Å². The van der Waals surface area contributed by atoms with Crippen molar-refractivity contribution in [3.05, 3.63) is 86.9 Å². The van der Waals surface area contributed by atoms with E-state index in [1.165, 1.54) is 16.3 Å². The summed E-state index contributed by atoms with van der Waals surface area (Å²) in [7, 11) is 0. The predicted octanol–water partition coefficient (Wildman–Crippen LogP) is 4.01. The average molecular weight is 408 g/mol. The topological polar surface area (TPSA) is 76.0 Å². The summed E-state index contributed by atoms with van der Waals surface area (Å²) >= 11 is 7.61. The van der Waals surface area contributed by atoms with Gasteiger partial charge >= 0.3 is 5.56 Å². The van der Waals surface area contributed by atoms with Gasteiger partial charge in [-0.25, -0.2) is 0 Å². The number of fused-ring (bicyclic) bond motifs is 1. The Morgan fingerprint density at radius 1 is 1.14 bits per heavy atom. The lowest BCUT2D eigenvalue weighted by Crippen LogP contribution is -2.21. The highest BCUT2D eigenvalue weighted by atomic mass is 35.5. The Morgan fingerprint density at radius 2 is 1.96 bits per heavy atom. The fourth-order valence-corrected chi connectivity index (χ4v) is 4.00. The molecule has 6 nitrogen and oxygen atoms in total. The third-order valence-corrected chi connectivity index (χ3v) is 5.83. The van der Waals surface area contributed by atoms with E-state index in [0.717, 1.165) is 11.1 Å². The fraction of sp³-hybridized carbons (Fsp3) is 0.100. The zero-order valence-electron chi connectivity index (χ0n) is 14.8. The summed E-state index contributed by atoms with van der Waals surface area (Å²) in [4.78, 5) is 12.9. The molecule has 0 N–H and O–H groups in total. The fourth-order valence-electron chi connectivity index (χ4n) is 2.91. The van der Waals surface area contributed by atoms with Gasteiger partial charge in [0.05, 0.1) is 17.3 Å². The minimum absolute atomic E-state index is 0.234. The third-order valence-electron chi connectivity index (χ3n) is 4.43. The summed E-state index contributed by atoms with van der Waals surface area (Å²) in [6, 6.07) is 15.0. The molecule has 4 aromatic rings. The first-order valence-corrected chi connectivity index (χ1v) is 9.79. The first kappa shape index (κ1) is 18.3. The van der Waals surface area contributed by atoms with E-state index < -0.39 is 0 Å². The van der Waals surface area contributed by atoms with E-state index in [4.69, 9.17) is 11.6 Å². The van der Waals surface area contributed by atoms with Crippen LogP contribution in [0.1, 0.15) is 16.7 Å². The predicted molar refractivity (Wildman–Crippen MR) is 109 cm³/mol. The van der Waals surface area contributed by atoms with Crippen LogP contribution < -0.4 is 5.56 Å². The molecule has 0 aliphatic heterocycles. The van der Waals surface area contributed by atoms with Gasteiger partial charge in [-0.15, -0.1) is 10.2 Å². The zero-order chi connectivity index (χ0) is 19.7. The molecule has 0 atom stereocenters. The molecule has 4 rings (SSSR count). The van der Waals surface area contributed by atoms with Crippen molar-refractivity contribution >= 4 is 29.0 Å². The van der Waals surface area contributed by atoms with E-state index in [0.29, 0.717) is 27.2 Å². The standard InChI is InChI=1S/C20H14ClN5OS/c1-13-16(21)7-4-8-17(13)25-9-10-26-18(19(25)27)23-24-20(26)28-12-15-6-3-2-5-14(15)11-22/h2-10H,12H2,1H3. The van der Waals surface area contributed by atoms with E-state index in [9.17, 15) is 10.1 Å². The molecule has 0 saturated carbocycles. The SMILES string of the molecule is Cc1c(Cl)cccc1-n1ccn2c(SCc3ccccc3C#N)nnc2c1=O. The van der Waals surface area contributed by atoms with Crippen molar-refractivity contribution in [3.8, 4) is 11.8 Å². The van der Waals surface area contributed by atoms with Crippen LogP contribution in [0.15, 0.2) is 64.8 Å². The van der Waals surface area contributed by atoms with Gasteiger partial charge in [0.2, 0.25) is 5.65 Å². The Balaban J connectivity index is 1.70. The maximum Gasteiger partial charge on any atom is 0.300 e. The van der Waals surface area contributed by atoms with Crippen molar-refractivity contribution < 1.29 is 0 Å². The Morgan fingerprint density at radius 3 is 2.79 bits per heavy atom. The number of nitrogens with zero attached hydrogens (tertiary/aromatic N) is 5. The van der Waals surface area contributed by atoms with Crippen molar-refractivity contribution in [1.29, 1.82) is 5.26 Å². The lowest BCUT2D eigenvalue weighted by Gasteiger charge is -2.10. The first-order valence-electron chi connectivity index (χ1n) is 8.43. The van der Waals surface area contributed by atoms with E-state index >= 15 is 0 Å². The number of thioether (sulfide) groups is 1. The lowest BCUT2D eigenvalue weighted by molar-refractivity contribution is 0.890. The van der Waals surface area contributed by atoms with E-state index in [1.54, 1.807) is 35.0 Å². The smallest absolute Gasteiger partial charge is 0.279 e. The minimum atomic E-state index is -0.273. The van der Waals surface area contributed by atoms with Gasteiger partial charge in [0.25, 0.3) is 0 Å². The summed E-state index contributed by atoms with van der Waals surface area (Å²) in [6.45, 7) is 1.87. The maximum atomic E-state index is 12.9. The Labute approximate surface area is 170 Å². The molecule has 0 unspecified atom stereocenters. The minimum Gasteiger partial charge on any atom is -0.279 e. The van der Waals surface area contributed by atoms with Crippen LogP contribution in [0, 0.1) is 18.3 Å². The van der Waals surface area contributed by atoms with Crippen LogP contribution in [0.25, 0.3) is 11.3 Å². The molecule has 0 fully saturated rings. The quantitative estimate of drug-likeness (QED) is 0.478. The van der Waals surface area contributed by atoms with E-state index in [2.05, 4.69) is 16.3 Å². The molecule has 0 amide bonds. The number of rotatable bonds is 4. The molecule has 0 aliphatic carbocycles. The van der Waals surface area contributed by atoms with Crippen LogP contribution in [0.2, 0.25) is 5.02 Å². The maximum absolute atomic E-state index is 12.9. The number of benzene rings is 2. The van der Waals surface area contributed by atoms with Crippen molar-refractivity contribution in [3.63, 3.8) is 0 Å². The third kappa shape index (κ3) is 3.17. The van der Waals surface area contributed by atoms with Crippen molar-refractivity contribution in [2.75, 3.05) is 0 Å². The number of nitriles is 1. The zero-order valence-corrected chi connectivity index (χ0v) is 16.4. The second kappa shape index (κ2) is 7.50. The normalized spacial score (nSPS) is 10.9. The summed E-state index contributed by atoms with van der Waals surface area (Å²) in [6.07, 6.45) is 3.44. The highest BCUT2D eigenvalue weighted by molar-refractivity contribution is 7.98. The second-order valence-electron chi connectivity index (χ2n) is 6.09. The Bertz CT molecular complexity index is 1290. The van der Waals surface area contributed by atoms with Gasteiger partial charge in [-0.3, -0.25) is 13.8 Å². The molecule has 28 heavy (non-hydrogen) atoms. The van der Waals surface area contributed by atoms with Gasteiger partial charge in [-0.2, -0.15) is 5.26 Å². The molecule has 0 bridgehead atoms. The lowest BCUT2D eigenvalue weighted by atomic mass is 10.1. The highest BCUT2D eigenvalue weighted by Gasteiger charge is 2.14. The molecule has 0 aliphatic rings. The summed E-state index contributed by atoms with van der Waals surface area (Å²) < 4.78 is 3.18. The molecule has 0 radical (unpaired) electrons. The summed E-state index contributed by atoms with van der Waals surface area (Å²) in [5.74, 6) is 0.557. The summed E-state index contributed by atoms with van der Waals surface area (Å²) in [5, 5.41) is 18.6. The Kier molecular flexibility index (Phi) is 4.90. The largest absolute Gasteiger partial charge is 0.300 e. The van der Waals surface area contributed by atoms with Crippen LogP contribution in [-0.4, -0.2) is 19.2 Å². The number of hydrogen-bond acceptors (Lipinski definition) is 5. The molecular weight excluding hydrogens is 394 g/mol. The van der Waals surface area contributed by atoms with Gasteiger partial charge in [-0.1, -0.05) is 47.6 Å². The molecule has 2 aromatic heterocycles. The summed E-state index contributed by atoms with van der Waals surface area (Å²) in [5.41, 5.74) is 3.03. The molecule has 2 heterocycles. The number of halogens is 1. The monoisotopic (exact) mass is 407 g/mol. The number of aromatic nitrogens is 4. The molecule has 0 spiro atoms. The van der Waals surface area contributed by atoms with Crippen molar-refractivity contribution in [2.24, 2.45) is 0 Å². The van der Waals surface area contributed by atoms with Gasteiger partial charge in [0.15, 0.2) is 5.16 Å². The molecular formula is C20H14ClN5OS. The van der Waals surface area contributed by atoms with Crippen molar-refractivity contribution in [2.45, 2.75) is 17.8 Å². The van der Waals surface area contributed by atoms with E-state index in [-0.39, 0.29) is 11.2 Å². The van der Waals surface area contributed by atoms with Crippen LogP contribution in [-0.2, 0) is 5.75 Å².